The molecular weight excluding hydrogens is 242 g/mol. The highest BCUT2D eigenvalue weighted by molar-refractivity contribution is 4.75. The minimum absolute atomic E-state index is 0.248. The van der Waals surface area contributed by atoms with Crippen molar-refractivity contribution >= 4 is 0 Å². The molecule has 0 aromatic carbocycles. The molecule has 0 aliphatic carbocycles. The van der Waals surface area contributed by atoms with Gasteiger partial charge in [-0.3, -0.25) is 4.90 Å². The number of nitrogens with two attached hydrogens (primary N) is 1. The van der Waals surface area contributed by atoms with Crippen LogP contribution in [0.25, 0.3) is 0 Å². The molecule has 6 heteroatoms. The van der Waals surface area contributed by atoms with Crippen molar-refractivity contribution in [2.24, 2.45) is 5.73 Å². The average molecular weight is 273 g/mol. The van der Waals surface area contributed by atoms with Gasteiger partial charge in [0.1, 0.15) is 6.23 Å². The fourth-order valence-corrected chi connectivity index (χ4v) is 2.38. The van der Waals surface area contributed by atoms with Crippen molar-refractivity contribution in [3.05, 3.63) is 0 Å². The zero-order valence-corrected chi connectivity index (χ0v) is 12.7. The van der Waals surface area contributed by atoms with Gasteiger partial charge in [-0.15, -0.1) is 0 Å². The maximum Gasteiger partial charge on any atom is 0.111 e. The Morgan fingerprint density at radius 2 is 2.05 bits per heavy atom. The molecule has 0 bridgehead atoms. The fourth-order valence-electron chi connectivity index (χ4n) is 2.38. The van der Waals surface area contributed by atoms with Gasteiger partial charge in [-0.05, 0) is 34.0 Å². The minimum atomic E-state index is 0.248. The van der Waals surface area contributed by atoms with Crippen molar-refractivity contribution in [3.63, 3.8) is 0 Å². The normalized spacial score (nSPS) is 23.7. The van der Waals surface area contributed by atoms with E-state index >= 15 is 0 Å². The summed E-state index contributed by atoms with van der Waals surface area (Å²) < 4.78 is 6.09. The fraction of sp³-hybridized carbons (Fsp3) is 1.00. The topological polar surface area (TPSA) is 65.8 Å². The Hall–Kier alpha value is -0.240. The van der Waals surface area contributed by atoms with E-state index in [1.54, 1.807) is 0 Å². The Morgan fingerprint density at radius 3 is 2.74 bits per heavy atom. The van der Waals surface area contributed by atoms with Crippen LogP contribution < -0.4 is 16.4 Å². The minimum Gasteiger partial charge on any atom is -0.359 e. The predicted octanol–water partition coefficient (Wildman–Crippen LogP) is -0.920. The van der Waals surface area contributed by atoms with Crippen LogP contribution in [0, 0.1) is 0 Å². The van der Waals surface area contributed by atoms with Crippen molar-refractivity contribution < 1.29 is 4.74 Å². The number of rotatable bonds is 10. The van der Waals surface area contributed by atoms with Gasteiger partial charge in [0.15, 0.2) is 0 Å². The first-order chi connectivity index (χ1) is 9.17. The lowest BCUT2D eigenvalue weighted by molar-refractivity contribution is -0.0524. The molecule has 0 radical (unpaired) electrons. The number of ether oxygens (including phenoxy) is 1. The molecule has 1 saturated heterocycles. The van der Waals surface area contributed by atoms with E-state index in [2.05, 4.69) is 34.5 Å². The van der Waals surface area contributed by atoms with Crippen molar-refractivity contribution in [3.8, 4) is 0 Å². The number of hydrogen-bond donors (Lipinski definition) is 3. The van der Waals surface area contributed by atoms with Crippen LogP contribution in [0.1, 0.15) is 12.8 Å². The molecule has 19 heavy (non-hydrogen) atoms. The zero-order chi connectivity index (χ0) is 14.1. The molecule has 1 fully saturated rings. The maximum atomic E-state index is 6.09. The largest absolute Gasteiger partial charge is 0.359 e. The molecular formula is C13H31N5O. The molecule has 0 unspecified atom stereocenters. The highest BCUT2D eigenvalue weighted by Crippen LogP contribution is 2.21. The lowest BCUT2D eigenvalue weighted by Gasteiger charge is -2.26. The van der Waals surface area contributed by atoms with Gasteiger partial charge in [0.25, 0.3) is 0 Å². The summed E-state index contributed by atoms with van der Waals surface area (Å²) >= 11 is 0. The van der Waals surface area contributed by atoms with Gasteiger partial charge >= 0.3 is 0 Å². The second kappa shape index (κ2) is 9.63. The first-order valence-electron chi connectivity index (χ1n) is 7.27. The number of hydrogen-bond acceptors (Lipinski definition) is 6. The van der Waals surface area contributed by atoms with Crippen LogP contribution in [0.15, 0.2) is 0 Å². The van der Waals surface area contributed by atoms with E-state index in [1.807, 2.05) is 7.05 Å². The summed E-state index contributed by atoms with van der Waals surface area (Å²) in [5.74, 6) is 0. The lowest BCUT2D eigenvalue weighted by atomic mass is 10.2. The third-order valence-corrected chi connectivity index (χ3v) is 3.52. The molecule has 1 rings (SSSR count). The van der Waals surface area contributed by atoms with Crippen LogP contribution in [0.3, 0.4) is 0 Å². The quantitative estimate of drug-likeness (QED) is 0.353. The maximum absolute atomic E-state index is 6.09. The third kappa shape index (κ3) is 6.65. The first-order valence-corrected chi connectivity index (χ1v) is 7.27. The zero-order valence-electron chi connectivity index (χ0n) is 12.7. The molecule has 1 aliphatic heterocycles. The van der Waals surface area contributed by atoms with Crippen LogP contribution in [0.5, 0.6) is 0 Å². The lowest BCUT2D eigenvalue weighted by Crippen LogP contribution is -2.41. The Bertz CT molecular complexity index is 229. The van der Waals surface area contributed by atoms with Gasteiger partial charge in [-0.25, -0.2) is 0 Å². The van der Waals surface area contributed by atoms with E-state index in [4.69, 9.17) is 10.5 Å². The molecule has 0 spiro atoms. The highest BCUT2D eigenvalue weighted by Gasteiger charge is 2.28. The van der Waals surface area contributed by atoms with Gasteiger partial charge in [0.2, 0.25) is 0 Å². The summed E-state index contributed by atoms with van der Waals surface area (Å²) in [6, 6.07) is 0. The highest BCUT2D eigenvalue weighted by atomic mass is 16.5. The van der Waals surface area contributed by atoms with Crippen molar-refractivity contribution in [1.29, 1.82) is 0 Å². The smallest absolute Gasteiger partial charge is 0.111 e. The van der Waals surface area contributed by atoms with Crippen molar-refractivity contribution in [2.45, 2.75) is 25.2 Å². The van der Waals surface area contributed by atoms with Gasteiger partial charge in [0, 0.05) is 32.7 Å². The van der Waals surface area contributed by atoms with E-state index in [9.17, 15) is 0 Å². The molecule has 0 amide bonds. The van der Waals surface area contributed by atoms with E-state index in [0.29, 0.717) is 12.6 Å². The molecule has 1 heterocycles. The van der Waals surface area contributed by atoms with Crippen LogP contribution in [-0.2, 0) is 4.74 Å². The number of likely N-dealkylation sites (N-methyl/N-ethyl adjacent to an activating group) is 2. The summed E-state index contributed by atoms with van der Waals surface area (Å²) in [5, 5.41) is 6.52. The Balaban J connectivity index is 2.15. The Morgan fingerprint density at radius 1 is 1.26 bits per heavy atom. The van der Waals surface area contributed by atoms with Gasteiger partial charge < -0.3 is 26.0 Å². The van der Waals surface area contributed by atoms with E-state index < -0.39 is 0 Å². The van der Waals surface area contributed by atoms with Crippen LogP contribution in [0.2, 0.25) is 0 Å². The molecule has 0 aromatic rings. The molecule has 0 aromatic heterocycles. The van der Waals surface area contributed by atoms with Crippen LogP contribution in [0.4, 0.5) is 0 Å². The Labute approximate surface area is 117 Å². The molecule has 114 valence electrons. The molecule has 1 aliphatic rings. The number of nitrogens with one attached hydrogen (secondary N) is 2. The summed E-state index contributed by atoms with van der Waals surface area (Å²) in [4.78, 5) is 4.50. The third-order valence-electron chi connectivity index (χ3n) is 3.52. The van der Waals surface area contributed by atoms with Gasteiger partial charge in [-0.1, -0.05) is 0 Å². The van der Waals surface area contributed by atoms with Crippen LogP contribution in [-0.4, -0.2) is 82.7 Å². The van der Waals surface area contributed by atoms with E-state index in [1.165, 1.54) is 0 Å². The van der Waals surface area contributed by atoms with Gasteiger partial charge in [-0.2, -0.15) is 0 Å². The SMILES string of the molecule is CNCCNCN(C)[C@H]1CC[C@@H](CN(C)CCN)O1. The molecule has 6 nitrogen and oxygen atoms in total. The average Bonchev–Trinajstić information content (AvgIpc) is 2.83. The van der Waals surface area contributed by atoms with Gasteiger partial charge in [0.05, 0.1) is 12.8 Å². The second-order valence-electron chi connectivity index (χ2n) is 5.36. The first kappa shape index (κ1) is 16.8. The van der Waals surface area contributed by atoms with Crippen molar-refractivity contribution in [1.82, 2.24) is 20.4 Å². The summed E-state index contributed by atoms with van der Waals surface area (Å²) in [7, 11) is 6.18. The summed E-state index contributed by atoms with van der Waals surface area (Å²) in [5.41, 5.74) is 5.55. The Kier molecular flexibility index (Phi) is 8.52. The summed E-state index contributed by atoms with van der Waals surface area (Å²) in [6.07, 6.45) is 2.85. The molecule has 0 saturated carbocycles. The molecule has 4 N–H and O–H groups in total. The van der Waals surface area contributed by atoms with Crippen molar-refractivity contribution in [2.75, 3.05) is 60.5 Å². The molecule has 2 atom stereocenters. The second-order valence-corrected chi connectivity index (χ2v) is 5.36. The summed E-state index contributed by atoms with van der Waals surface area (Å²) in [6.45, 7) is 5.47. The van der Waals surface area contributed by atoms with E-state index in [-0.39, 0.29) is 6.23 Å². The number of nitrogens with zero attached hydrogens (tertiary/aromatic N) is 2. The predicted molar refractivity (Wildman–Crippen MR) is 79.0 cm³/mol. The monoisotopic (exact) mass is 273 g/mol. The standard InChI is InChI=1S/C13H31N5O/c1-15-7-8-16-11-18(3)13-5-4-12(19-13)10-17(2)9-6-14/h12-13,15-16H,4-11,14H2,1-3H3/t12-,13+/m0/s1. The van der Waals surface area contributed by atoms with E-state index in [0.717, 1.165) is 45.7 Å². The van der Waals surface area contributed by atoms with Crippen LogP contribution >= 0.6 is 0 Å².